The van der Waals surface area contributed by atoms with E-state index in [4.69, 9.17) is 4.74 Å². The average Bonchev–Trinajstić information content (AvgIpc) is 3.50. The Hall–Kier alpha value is -4.04. The molecule has 4 aromatic rings. The molecule has 0 aliphatic carbocycles. The Bertz CT molecular complexity index is 1500. The number of hydrogen-bond acceptors (Lipinski definition) is 7. The van der Waals surface area contributed by atoms with Crippen molar-refractivity contribution in [1.82, 2.24) is 34.5 Å². The number of likely N-dealkylation sites (tertiary alicyclic amines) is 1. The second kappa shape index (κ2) is 8.81. The molecule has 3 aromatic heterocycles. The molecule has 1 N–H and O–H groups in total. The molecular weight excluding hydrogens is 503 g/mol. The highest BCUT2D eigenvalue weighted by atomic mass is 19.3. The number of ether oxygens (including phenoxy) is 1. The molecule has 1 aromatic carbocycles. The summed E-state index contributed by atoms with van der Waals surface area (Å²) in [4.78, 5) is 16.7. The molecule has 37 heavy (non-hydrogen) atoms. The Balaban J connectivity index is 1.57. The second-order valence-corrected chi connectivity index (χ2v) is 8.76. The first-order valence-corrected chi connectivity index (χ1v) is 11.2. The standard InChI is InChI=1S/C22H21F5N8O2/c1-10(19(24)25)35-15-6-12(4-5-14(15)30-32-35)17-13(23)7-34-18(17)20(37-3)29-21(31-34)28-16-8-33(11(2)36)9-22(16,26)27/h4-7,10,16,19H,8-9H2,1-3H3,(H,28,31)/t10-,16+/m0/s1. The molecule has 5 rings (SSSR count). The van der Waals surface area contributed by atoms with Crippen molar-refractivity contribution in [2.75, 3.05) is 25.5 Å². The fourth-order valence-electron chi connectivity index (χ4n) is 4.33. The van der Waals surface area contributed by atoms with E-state index >= 15 is 4.39 Å². The average molecular weight is 524 g/mol. The van der Waals surface area contributed by atoms with E-state index in [-0.39, 0.29) is 35.0 Å². The molecule has 1 amide bonds. The van der Waals surface area contributed by atoms with Crippen molar-refractivity contribution in [1.29, 1.82) is 0 Å². The normalized spacial score (nSPS) is 18.2. The van der Waals surface area contributed by atoms with Gasteiger partial charge in [0.25, 0.3) is 12.3 Å². The van der Waals surface area contributed by atoms with Gasteiger partial charge in [-0.2, -0.15) is 4.98 Å². The highest BCUT2D eigenvalue weighted by Crippen LogP contribution is 2.36. The van der Waals surface area contributed by atoms with Gasteiger partial charge in [-0.15, -0.1) is 10.2 Å². The number of nitrogens with zero attached hydrogens (tertiary/aromatic N) is 7. The van der Waals surface area contributed by atoms with Crippen LogP contribution in [0.15, 0.2) is 24.4 Å². The van der Waals surface area contributed by atoms with Crippen LogP contribution in [0.25, 0.3) is 27.7 Å². The molecule has 1 saturated heterocycles. The summed E-state index contributed by atoms with van der Waals surface area (Å²) in [6.45, 7) is 1.47. The highest BCUT2D eigenvalue weighted by molar-refractivity contribution is 5.90. The Labute approximate surface area is 206 Å². The molecule has 0 radical (unpaired) electrons. The first kappa shape index (κ1) is 24.6. The van der Waals surface area contributed by atoms with Crippen molar-refractivity contribution in [2.24, 2.45) is 0 Å². The number of carbonyl (C=O) groups is 1. The SMILES string of the molecule is COc1nc(N[C@@H]2CN(C(C)=O)CC2(F)F)nn2cc(F)c(-c3ccc4nnn([C@@H](C)C(F)F)c4c3)c12. The maximum atomic E-state index is 15.2. The molecule has 0 spiro atoms. The Morgan fingerprint density at radius 1 is 1.30 bits per heavy atom. The van der Waals surface area contributed by atoms with Gasteiger partial charge >= 0.3 is 0 Å². The summed E-state index contributed by atoms with van der Waals surface area (Å²) in [5, 5.41) is 14.3. The maximum absolute atomic E-state index is 15.2. The molecule has 1 fully saturated rings. The molecule has 1 aliphatic heterocycles. The molecular formula is C22H21F5N8O2. The minimum absolute atomic E-state index is 0.0108. The summed E-state index contributed by atoms with van der Waals surface area (Å²) in [6.07, 6.45) is -1.68. The fraction of sp³-hybridized carbons (Fsp3) is 0.409. The van der Waals surface area contributed by atoms with Gasteiger partial charge in [0.05, 0.1) is 30.9 Å². The summed E-state index contributed by atoms with van der Waals surface area (Å²) in [5.41, 5.74) is 0.998. The van der Waals surface area contributed by atoms with Crippen LogP contribution in [-0.2, 0) is 4.79 Å². The third kappa shape index (κ3) is 4.17. The van der Waals surface area contributed by atoms with Gasteiger partial charge in [0.15, 0.2) is 5.82 Å². The van der Waals surface area contributed by atoms with E-state index in [9.17, 15) is 22.4 Å². The van der Waals surface area contributed by atoms with Crippen LogP contribution in [0.3, 0.4) is 0 Å². The van der Waals surface area contributed by atoms with Gasteiger partial charge in [0, 0.05) is 13.5 Å². The zero-order valence-electron chi connectivity index (χ0n) is 19.8. The monoisotopic (exact) mass is 524 g/mol. The van der Waals surface area contributed by atoms with Crippen molar-refractivity contribution in [3.05, 3.63) is 30.2 Å². The van der Waals surface area contributed by atoms with Crippen molar-refractivity contribution >= 4 is 28.4 Å². The molecule has 10 nitrogen and oxygen atoms in total. The van der Waals surface area contributed by atoms with Crippen LogP contribution in [0.5, 0.6) is 5.88 Å². The van der Waals surface area contributed by atoms with Crippen molar-refractivity contribution < 1.29 is 31.5 Å². The quantitative estimate of drug-likeness (QED) is 0.386. The predicted molar refractivity (Wildman–Crippen MR) is 121 cm³/mol. The molecule has 0 bridgehead atoms. The molecule has 15 heteroatoms. The molecule has 1 aliphatic rings. The summed E-state index contributed by atoms with van der Waals surface area (Å²) < 4.78 is 78.2. The molecule has 4 heterocycles. The summed E-state index contributed by atoms with van der Waals surface area (Å²) in [6, 6.07) is 1.78. The van der Waals surface area contributed by atoms with E-state index < -0.39 is 42.7 Å². The number of halogens is 5. The lowest BCUT2D eigenvalue weighted by molar-refractivity contribution is -0.129. The fourth-order valence-corrected chi connectivity index (χ4v) is 4.33. The minimum atomic E-state index is -3.24. The summed E-state index contributed by atoms with van der Waals surface area (Å²) in [5.74, 6) is -4.85. The Morgan fingerprint density at radius 2 is 2.05 bits per heavy atom. The lowest BCUT2D eigenvalue weighted by Crippen LogP contribution is -2.38. The van der Waals surface area contributed by atoms with Crippen LogP contribution in [0.2, 0.25) is 0 Å². The maximum Gasteiger partial charge on any atom is 0.286 e. The topological polar surface area (TPSA) is 102 Å². The number of benzene rings is 1. The minimum Gasteiger partial charge on any atom is -0.479 e. The number of nitrogens with one attached hydrogen (secondary N) is 1. The van der Waals surface area contributed by atoms with Crippen LogP contribution >= 0.6 is 0 Å². The number of amides is 1. The van der Waals surface area contributed by atoms with Gasteiger partial charge in [-0.25, -0.2) is 31.1 Å². The third-order valence-electron chi connectivity index (χ3n) is 6.32. The Morgan fingerprint density at radius 3 is 2.70 bits per heavy atom. The summed E-state index contributed by atoms with van der Waals surface area (Å²) in [7, 11) is 1.27. The zero-order valence-corrected chi connectivity index (χ0v) is 19.8. The predicted octanol–water partition coefficient (Wildman–Crippen LogP) is 3.39. The van der Waals surface area contributed by atoms with Crippen LogP contribution in [0, 0.1) is 5.82 Å². The van der Waals surface area contributed by atoms with Crippen LogP contribution in [-0.4, -0.2) is 79.0 Å². The van der Waals surface area contributed by atoms with Gasteiger partial charge in [-0.1, -0.05) is 11.3 Å². The first-order valence-electron chi connectivity index (χ1n) is 11.2. The highest BCUT2D eigenvalue weighted by Gasteiger charge is 2.49. The Kier molecular flexibility index (Phi) is 5.87. The van der Waals surface area contributed by atoms with Crippen molar-refractivity contribution in [2.45, 2.75) is 38.3 Å². The molecule has 0 unspecified atom stereocenters. The van der Waals surface area contributed by atoms with Crippen LogP contribution in [0.4, 0.5) is 27.9 Å². The largest absolute Gasteiger partial charge is 0.479 e. The second-order valence-electron chi connectivity index (χ2n) is 8.76. The van der Waals surface area contributed by atoms with Crippen molar-refractivity contribution in [3.8, 4) is 17.0 Å². The lowest BCUT2D eigenvalue weighted by Gasteiger charge is -2.19. The van der Waals surface area contributed by atoms with E-state index in [1.54, 1.807) is 0 Å². The number of methoxy groups -OCH3 is 1. The third-order valence-corrected chi connectivity index (χ3v) is 6.32. The van der Waals surface area contributed by atoms with Gasteiger partial charge < -0.3 is 15.0 Å². The molecule has 2 atom stereocenters. The van der Waals surface area contributed by atoms with E-state index in [1.807, 2.05) is 0 Å². The van der Waals surface area contributed by atoms with E-state index in [2.05, 4.69) is 25.7 Å². The van der Waals surface area contributed by atoms with Gasteiger partial charge in [-0.3, -0.25) is 4.79 Å². The van der Waals surface area contributed by atoms with Crippen molar-refractivity contribution in [3.63, 3.8) is 0 Å². The van der Waals surface area contributed by atoms with Gasteiger partial charge in [-0.05, 0) is 24.6 Å². The van der Waals surface area contributed by atoms with Crippen LogP contribution < -0.4 is 10.1 Å². The van der Waals surface area contributed by atoms with E-state index in [0.717, 1.165) is 20.3 Å². The number of fused-ring (bicyclic) bond motifs is 2. The number of rotatable bonds is 6. The number of carbonyl (C=O) groups excluding carboxylic acids is 1. The molecule has 0 saturated carbocycles. The lowest BCUT2D eigenvalue weighted by atomic mass is 10.1. The number of aromatic nitrogens is 6. The number of anilines is 1. The number of hydrogen-bond donors (Lipinski definition) is 1. The van der Waals surface area contributed by atoms with E-state index in [0.29, 0.717) is 11.1 Å². The van der Waals surface area contributed by atoms with Gasteiger partial charge in [0.1, 0.15) is 23.1 Å². The molecule has 196 valence electrons. The number of alkyl halides is 4. The summed E-state index contributed by atoms with van der Waals surface area (Å²) >= 11 is 0. The van der Waals surface area contributed by atoms with Crippen LogP contribution in [0.1, 0.15) is 19.9 Å². The van der Waals surface area contributed by atoms with E-state index in [1.165, 1.54) is 39.2 Å². The smallest absolute Gasteiger partial charge is 0.286 e. The zero-order chi connectivity index (χ0) is 26.6. The first-order chi connectivity index (χ1) is 17.5. The van der Waals surface area contributed by atoms with Gasteiger partial charge in [0.2, 0.25) is 17.7 Å².